The Balaban J connectivity index is 1.84. The first-order valence-electron chi connectivity index (χ1n) is 7.51. The number of hydrogen-bond donors (Lipinski definition) is 1. The number of nitrogens with two attached hydrogens (primary N) is 1. The number of methoxy groups -OCH3 is 1. The van der Waals surface area contributed by atoms with E-state index in [1.807, 2.05) is 0 Å². The first kappa shape index (κ1) is 14.9. The van der Waals surface area contributed by atoms with Gasteiger partial charge in [-0.3, -0.25) is 9.59 Å². The Morgan fingerprint density at radius 2 is 2.09 bits per heavy atom. The predicted molar refractivity (Wildman–Crippen MR) is 78.1 cm³/mol. The van der Waals surface area contributed by atoms with E-state index >= 15 is 0 Å². The molecule has 118 valence electrons. The van der Waals surface area contributed by atoms with Gasteiger partial charge in [0, 0.05) is 32.0 Å². The third kappa shape index (κ3) is 2.45. The van der Waals surface area contributed by atoms with Crippen molar-refractivity contribution in [1.29, 1.82) is 0 Å². The van der Waals surface area contributed by atoms with Gasteiger partial charge in [-0.05, 0) is 25.7 Å². The van der Waals surface area contributed by atoms with Crippen molar-refractivity contribution in [2.75, 3.05) is 20.3 Å². The molecular weight excluding hydrogens is 284 g/mol. The van der Waals surface area contributed by atoms with Crippen LogP contribution in [-0.4, -0.2) is 52.5 Å². The van der Waals surface area contributed by atoms with Crippen LogP contribution in [0.3, 0.4) is 0 Å². The lowest BCUT2D eigenvalue weighted by atomic mass is 9.96. The van der Waals surface area contributed by atoms with Crippen LogP contribution in [0.1, 0.15) is 47.8 Å². The fourth-order valence-electron chi connectivity index (χ4n) is 3.05. The number of carbonyl (C=O) groups is 2. The van der Waals surface area contributed by atoms with E-state index in [2.05, 4.69) is 9.97 Å². The van der Waals surface area contributed by atoms with Crippen LogP contribution in [0, 0.1) is 0 Å². The first-order chi connectivity index (χ1) is 10.6. The average molecular weight is 304 g/mol. The highest BCUT2D eigenvalue weighted by molar-refractivity contribution is 5.99. The maximum atomic E-state index is 12.7. The standard InChI is InChI=1S/C15H20N4O3/c1-22-9-15(14(16)21)5-2-6-19(15)13(20)11-7-17-12(18-8-11)10-3-4-10/h7-8,10H,2-6,9H2,1H3,(H2,16,21). The van der Waals surface area contributed by atoms with Gasteiger partial charge in [0.25, 0.3) is 5.91 Å². The molecule has 2 amide bonds. The number of carbonyl (C=O) groups excluding carboxylic acids is 2. The minimum atomic E-state index is -1.07. The summed E-state index contributed by atoms with van der Waals surface area (Å²) < 4.78 is 5.14. The zero-order chi connectivity index (χ0) is 15.7. The molecule has 1 aromatic rings. The molecule has 1 aromatic heterocycles. The van der Waals surface area contributed by atoms with Gasteiger partial charge in [-0.2, -0.15) is 0 Å². The fraction of sp³-hybridized carbons (Fsp3) is 0.600. The van der Waals surface area contributed by atoms with Crippen molar-refractivity contribution < 1.29 is 14.3 Å². The minimum Gasteiger partial charge on any atom is -0.382 e. The molecule has 7 nitrogen and oxygen atoms in total. The van der Waals surface area contributed by atoms with E-state index in [9.17, 15) is 9.59 Å². The van der Waals surface area contributed by atoms with Crippen LogP contribution >= 0.6 is 0 Å². The van der Waals surface area contributed by atoms with Gasteiger partial charge in [-0.15, -0.1) is 0 Å². The summed E-state index contributed by atoms with van der Waals surface area (Å²) in [6.45, 7) is 0.588. The molecule has 0 aromatic carbocycles. The summed E-state index contributed by atoms with van der Waals surface area (Å²) in [6.07, 6.45) is 6.54. The summed E-state index contributed by atoms with van der Waals surface area (Å²) >= 11 is 0. The third-order valence-corrected chi connectivity index (χ3v) is 4.44. The molecule has 1 unspecified atom stereocenters. The van der Waals surface area contributed by atoms with Crippen LogP contribution in [0.15, 0.2) is 12.4 Å². The number of ether oxygens (including phenoxy) is 1. The number of likely N-dealkylation sites (tertiary alicyclic amines) is 1. The summed E-state index contributed by atoms with van der Waals surface area (Å²) in [5.41, 5.74) is 4.87. The van der Waals surface area contributed by atoms with Gasteiger partial charge in [0.1, 0.15) is 11.4 Å². The third-order valence-electron chi connectivity index (χ3n) is 4.44. The van der Waals surface area contributed by atoms with E-state index in [1.54, 1.807) is 12.4 Å². The second-order valence-electron chi connectivity index (χ2n) is 5.99. The molecule has 0 radical (unpaired) electrons. The van der Waals surface area contributed by atoms with Gasteiger partial charge < -0.3 is 15.4 Å². The molecule has 2 fully saturated rings. The highest BCUT2D eigenvalue weighted by atomic mass is 16.5. The van der Waals surface area contributed by atoms with Crippen LogP contribution in [0.2, 0.25) is 0 Å². The van der Waals surface area contributed by atoms with Gasteiger partial charge in [0.2, 0.25) is 5.91 Å². The van der Waals surface area contributed by atoms with Crippen molar-refractivity contribution in [3.8, 4) is 0 Å². The lowest BCUT2D eigenvalue weighted by Gasteiger charge is -2.35. The highest BCUT2D eigenvalue weighted by Crippen LogP contribution is 2.37. The van der Waals surface area contributed by atoms with E-state index in [1.165, 1.54) is 12.0 Å². The Hall–Kier alpha value is -2.02. The molecule has 2 aliphatic rings. The molecule has 7 heteroatoms. The molecule has 1 saturated carbocycles. The van der Waals surface area contributed by atoms with E-state index in [0.717, 1.165) is 25.1 Å². The Morgan fingerprint density at radius 3 is 2.64 bits per heavy atom. The predicted octanol–water partition coefficient (Wildman–Crippen LogP) is 0.461. The number of aromatic nitrogens is 2. The van der Waals surface area contributed by atoms with Crippen molar-refractivity contribution in [2.24, 2.45) is 5.73 Å². The summed E-state index contributed by atoms with van der Waals surface area (Å²) in [5.74, 6) is 0.427. The summed E-state index contributed by atoms with van der Waals surface area (Å²) in [4.78, 5) is 34.7. The molecule has 22 heavy (non-hydrogen) atoms. The topological polar surface area (TPSA) is 98.4 Å². The highest BCUT2D eigenvalue weighted by Gasteiger charge is 2.49. The molecule has 1 aliphatic carbocycles. The normalized spacial score (nSPS) is 24.5. The van der Waals surface area contributed by atoms with Crippen LogP contribution in [0.25, 0.3) is 0 Å². The molecule has 1 atom stereocenters. The van der Waals surface area contributed by atoms with E-state index < -0.39 is 11.4 Å². The van der Waals surface area contributed by atoms with E-state index in [-0.39, 0.29) is 12.5 Å². The quantitative estimate of drug-likeness (QED) is 0.852. The Bertz CT molecular complexity index is 585. The Kier molecular flexibility index (Phi) is 3.82. The smallest absolute Gasteiger partial charge is 0.257 e. The molecule has 0 bridgehead atoms. The van der Waals surface area contributed by atoms with Gasteiger partial charge >= 0.3 is 0 Å². The number of amides is 2. The lowest BCUT2D eigenvalue weighted by molar-refractivity contribution is -0.130. The zero-order valence-corrected chi connectivity index (χ0v) is 12.6. The summed E-state index contributed by atoms with van der Waals surface area (Å²) in [6, 6.07) is 0. The zero-order valence-electron chi connectivity index (χ0n) is 12.6. The molecule has 1 saturated heterocycles. The van der Waals surface area contributed by atoms with Crippen molar-refractivity contribution >= 4 is 11.8 Å². The number of nitrogens with zero attached hydrogens (tertiary/aromatic N) is 3. The van der Waals surface area contributed by atoms with Crippen LogP contribution in [-0.2, 0) is 9.53 Å². The maximum Gasteiger partial charge on any atom is 0.257 e. The molecular formula is C15H20N4O3. The van der Waals surface area contributed by atoms with Gasteiger partial charge in [-0.1, -0.05) is 0 Å². The molecule has 2 N–H and O–H groups in total. The largest absolute Gasteiger partial charge is 0.382 e. The van der Waals surface area contributed by atoms with Gasteiger partial charge in [-0.25, -0.2) is 9.97 Å². The van der Waals surface area contributed by atoms with Crippen molar-refractivity contribution in [3.63, 3.8) is 0 Å². The SMILES string of the molecule is COCC1(C(N)=O)CCCN1C(=O)c1cnc(C2CC2)nc1. The van der Waals surface area contributed by atoms with E-state index in [4.69, 9.17) is 10.5 Å². The number of rotatable bonds is 5. The van der Waals surface area contributed by atoms with Crippen LogP contribution in [0.5, 0.6) is 0 Å². The van der Waals surface area contributed by atoms with Crippen molar-refractivity contribution in [1.82, 2.24) is 14.9 Å². The maximum absolute atomic E-state index is 12.7. The molecule has 2 heterocycles. The minimum absolute atomic E-state index is 0.106. The number of primary amides is 1. The molecule has 3 rings (SSSR count). The van der Waals surface area contributed by atoms with E-state index in [0.29, 0.717) is 24.4 Å². The Labute approximate surface area is 128 Å². The first-order valence-corrected chi connectivity index (χ1v) is 7.51. The number of hydrogen-bond acceptors (Lipinski definition) is 5. The van der Waals surface area contributed by atoms with Crippen LogP contribution in [0.4, 0.5) is 0 Å². The average Bonchev–Trinajstić information content (AvgIpc) is 3.28. The summed E-state index contributed by atoms with van der Waals surface area (Å²) in [5, 5.41) is 0. The summed E-state index contributed by atoms with van der Waals surface area (Å²) in [7, 11) is 1.50. The van der Waals surface area contributed by atoms with Gasteiger partial charge in [0.05, 0.1) is 12.2 Å². The second kappa shape index (κ2) is 5.64. The Morgan fingerprint density at radius 1 is 1.41 bits per heavy atom. The fourth-order valence-corrected chi connectivity index (χ4v) is 3.05. The van der Waals surface area contributed by atoms with Gasteiger partial charge in [0.15, 0.2) is 0 Å². The van der Waals surface area contributed by atoms with Crippen molar-refractivity contribution in [2.45, 2.75) is 37.1 Å². The monoisotopic (exact) mass is 304 g/mol. The molecule has 0 spiro atoms. The lowest BCUT2D eigenvalue weighted by Crippen LogP contribution is -2.58. The second-order valence-corrected chi connectivity index (χ2v) is 5.99. The van der Waals surface area contributed by atoms with Crippen molar-refractivity contribution in [3.05, 3.63) is 23.8 Å². The molecule has 1 aliphatic heterocycles. The van der Waals surface area contributed by atoms with Crippen LogP contribution < -0.4 is 5.73 Å².